The zero-order valence-electron chi connectivity index (χ0n) is 13.9. The van der Waals surface area contributed by atoms with Crippen LogP contribution in [-0.4, -0.2) is 28.5 Å². The number of carbonyl (C=O) groups excluding carboxylic acids is 1. The molecule has 3 aromatic rings. The summed E-state index contributed by atoms with van der Waals surface area (Å²) in [7, 11) is 0. The van der Waals surface area contributed by atoms with Crippen LogP contribution in [0.4, 0.5) is 0 Å². The highest BCUT2D eigenvalue weighted by Gasteiger charge is 2.28. The van der Waals surface area contributed by atoms with E-state index in [9.17, 15) is 4.79 Å². The predicted octanol–water partition coefficient (Wildman–Crippen LogP) is 2.76. The molecule has 0 saturated heterocycles. The van der Waals surface area contributed by atoms with Crippen LogP contribution in [-0.2, 0) is 0 Å². The lowest BCUT2D eigenvalue weighted by Gasteiger charge is -2.13. The largest absolute Gasteiger partial charge is 0.350 e. The monoisotopic (exact) mass is 332 g/mol. The molecule has 1 amide bonds. The molecule has 2 aromatic heterocycles. The molecule has 1 unspecified atom stereocenters. The Morgan fingerprint density at radius 1 is 1.24 bits per heavy atom. The molecular formula is C20H20N4O. The maximum absolute atomic E-state index is 12.8. The Kier molecular flexibility index (Phi) is 4.15. The first-order valence-corrected chi connectivity index (χ1v) is 8.56. The predicted molar refractivity (Wildman–Crippen MR) is 98.0 cm³/mol. The zero-order chi connectivity index (χ0) is 17.2. The average molecular weight is 332 g/mol. The first kappa shape index (κ1) is 15.7. The Bertz CT molecular complexity index is 906. The summed E-state index contributed by atoms with van der Waals surface area (Å²) in [4.78, 5) is 21.6. The highest BCUT2D eigenvalue weighted by molar-refractivity contribution is 6.07. The van der Waals surface area contributed by atoms with Crippen LogP contribution in [0.1, 0.15) is 23.2 Å². The van der Waals surface area contributed by atoms with Crippen molar-refractivity contribution >= 4 is 16.8 Å². The van der Waals surface area contributed by atoms with Crippen molar-refractivity contribution in [1.29, 1.82) is 0 Å². The lowest BCUT2D eigenvalue weighted by molar-refractivity contribution is 0.0952. The zero-order valence-corrected chi connectivity index (χ0v) is 13.9. The van der Waals surface area contributed by atoms with E-state index in [1.807, 2.05) is 42.5 Å². The minimum absolute atomic E-state index is 0.0369. The number of benzene rings is 1. The molecule has 1 atom stereocenters. The second-order valence-corrected chi connectivity index (χ2v) is 6.53. The molecular weight excluding hydrogens is 312 g/mol. The third kappa shape index (κ3) is 3.37. The SMILES string of the molecule is NC(CNC(=O)c1cc(-c2cccnc2)nc2ccccc12)C1CC1. The number of nitrogens with one attached hydrogen (secondary N) is 1. The van der Waals surface area contributed by atoms with Crippen LogP contribution in [0.15, 0.2) is 54.9 Å². The second-order valence-electron chi connectivity index (χ2n) is 6.53. The normalized spacial score (nSPS) is 15.1. The molecule has 3 N–H and O–H groups in total. The number of carbonyl (C=O) groups is 1. The van der Waals surface area contributed by atoms with Crippen molar-refractivity contribution in [2.75, 3.05) is 6.54 Å². The molecule has 1 saturated carbocycles. The summed E-state index contributed by atoms with van der Waals surface area (Å²) in [5.41, 5.74) is 9.14. The minimum Gasteiger partial charge on any atom is -0.350 e. The van der Waals surface area contributed by atoms with Gasteiger partial charge >= 0.3 is 0 Å². The molecule has 4 rings (SSSR count). The molecule has 25 heavy (non-hydrogen) atoms. The third-order valence-electron chi connectivity index (χ3n) is 4.64. The van der Waals surface area contributed by atoms with Crippen LogP contribution in [0.2, 0.25) is 0 Å². The van der Waals surface area contributed by atoms with Crippen molar-refractivity contribution in [3.63, 3.8) is 0 Å². The summed E-state index contributed by atoms with van der Waals surface area (Å²) in [6.45, 7) is 0.502. The molecule has 5 heteroatoms. The van der Waals surface area contributed by atoms with Gasteiger partial charge in [-0.2, -0.15) is 0 Å². The van der Waals surface area contributed by atoms with E-state index in [-0.39, 0.29) is 11.9 Å². The van der Waals surface area contributed by atoms with Crippen LogP contribution in [0.3, 0.4) is 0 Å². The molecule has 1 aliphatic rings. The van der Waals surface area contributed by atoms with Crippen molar-refractivity contribution in [2.24, 2.45) is 11.7 Å². The van der Waals surface area contributed by atoms with Crippen molar-refractivity contribution < 1.29 is 4.79 Å². The van der Waals surface area contributed by atoms with E-state index in [2.05, 4.69) is 15.3 Å². The van der Waals surface area contributed by atoms with Crippen LogP contribution in [0, 0.1) is 5.92 Å². The fraction of sp³-hybridized carbons (Fsp3) is 0.250. The van der Waals surface area contributed by atoms with Crippen molar-refractivity contribution in [2.45, 2.75) is 18.9 Å². The first-order valence-electron chi connectivity index (χ1n) is 8.56. The molecule has 5 nitrogen and oxygen atoms in total. The number of hydrogen-bond acceptors (Lipinski definition) is 4. The van der Waals surface area contributed by atoms with Crippen LogP contribution >= 0.6 is 0 Å². The van der Waals surface area contributed by atoms with E-state index in [1.54, 1.807) is 12.4 Å². The highest BCUT2D eigenvalue weighted by atomic mass is 16.1. The number of amides is 1. The lowest BCUT2D eigenvalue weighted by Crippen LogP contribution is -2.38. The number of fused-ring (bicyclic) bond motifs is 1. The lowest BCUT2D eigenvalue weighted by atomic mass is 10.0. The Morgan fingerprint density at radius 3 is 2.84 bits per heavy atom. The van der Waals surface area contributed by atoms with Gasteiger partial charge in [-0.3, -0.25) is 9.78 Å². The number of aromatic nitrogens is 2. The van der Waals surface area contributed by atoms with E-state index >= 15 is 0 Å². The molecule has 1 aliphatic carbocycles. The summed E-state index contributed by atoms with van der Waals surface area (Å²) >= 11 is 0. The summed E-state index contributed by atoms with van der Waals surface area (Å²) in [6.07, 6.45) is 5.81. The van der Waals surface area contributed by atoms with Gasteiger partial charge in [-0.15, -0.1) is 0 Å². The Balaban J connectivity index is 1.69. The quantitative estimate of drug-likeness (QED) is 0.753. The molecule has 0 spiro atoms. The molecule has 126 valence electrons. The van der Waals surface area contributed by atoms with Gasteiger partial charge in [0.2, 0.25) is 0 Å². The van der Waals surface area contributed by atoms with Crippen LogP contribution < -0.4 is 11.1 Å². The maximum Gasteiger partial charge on any atom is 0.252 e. The van der Waals surface area contributed by atoms with E-state index in [0.717, 1.165) is 22.2 Å². The number of pyridine rings is 2. The van der Waals surface area contributed by atoms with Gasteiger partial charge in [0.1, 0.15) is 0 Å². The first-order chi connectivity index (χ1) is 12.2. The minimum atomic E-state index is -0.111. The number of para-hydroxylation sites is 1. The van der Waals surface area contributed by atoms with Gasteiger partial charge in [0.05, 0.1) is 16.8 Å². The number of hydrogen-bond donors (Lipinski definition) is 2. The van der Waals surface area contributed by atoms with E-state index in [1.165, 1.54) is 12.8 Å². The third-order valence-corrected chi connectivity index (χ3v) is 4.64. The fourth-order valence-electron chi connectivity index (χ4n) is 3.02. The van der Waals surface area contributed by atoms with E-state index in [0.29, 0.717) is 18.0 Å². The van der Waals surface area contributed by atoms with Crippen LogP contribution in [0.25, 0.3) is 22.2 Å². The number of rotatable bonds is 5. The molecule has 1 fully saturated rings. The molecule has 0 aliphatic heterocycles. The topological polar surface area (TPSA) is 80.9 Å². The van der Waals surface area contributed by atoms with Gasteiger partial charge in [-0.1, -0.05) is 18.2 Å². The average Bonchev–Trinajstić information content (AvgIpc) is 3.51. The smallest absolute Gasteiger partial charge is 0.252 e. The highest BCUT2D eigenvalue weighted by Crippen LogP contribution is 2.31. The van der Waals surface area contributed by atoms with E-state index < -0.39 is 0 Å². The second kappa shape index (κ2) is 6.61. The summed E-state index contributed by atoms with van der Waals surface area (Å²) in [5.74, 6) is 0.445. The molecule has 1 aromatic carbocycles. The van der Waals surface area contributed by atoms with Gasteiger partial charge < -0.3 is 11.1 Å². The van der Waals surface area contributed by atoms with Gasteiger partial charge in [-0.05, 0) is 43.0 Å². The fourth-order valence-corrected chi connectivity index (χ4v) is 3.02. The van der Waals surface area contributed by atoms with E-state index in [4.69, 9.17) is 5.73 Å². The number of nitrogens with two attached hydrogens (primary N) is 1. The van der Waals surface area contributed by atoms with Crippen molar-refractivity contribution in [3.8, 4) is 11.3 Å². The Labute approximate surface area is 146 Å². The summed E-state index contributed by atoms with van der Waals surface area (Å²) < 4.78 is 0. The molecule has 0 bridgehead atoms. The number of nitrogens with zero attached hydrogens (tertiary/aromatic N) is 2. The Morgan fingerprint density at radius 2 is 2.08 bits per heavy atom. The van der Waals surface area contributed by atoms with Gasteiger partial charge in [0.25, 0.3) is 5.91 Å². The summed E-state index contributed by atoms with van der Waals surface area (Å²) in [5, 5.41) is 3.82. The van der Waals surface area contributed by atoms with Gasteiger partial charge in [0.15, 0.2) is 0 Å². The molecule has 0 radical (unpaired) electrons. The van der Waals surface area contributed by atoms with Crippen molar-refractivity contribution in [1.82, 2.24) is 15.3 Å². The standard InChI is InChI=1S/C20H20N4O/c21-17(13-7-8-13)12-23-20(25)16-10-19(14-4-3-9-22-11-14)24-18-6-2-1-5-15(16)18/h1-6,9-11,13,17H,7-8,12,21H2,(H,23,25). The van der Waals surface area contributed by atoms with Gasteiger partial charge in [-0.25, -0.2) is 4.98 Å². The molecule has 2 heterocycles. The van der Waals surface area contributed by atoms with Gasteiger partial charge in [0, 0.05) is 35.9 Å². The van der Waals surface area contributed by atoms with Crippen LogP contribution in [0.5, 0.6) is 0 Å². The summed E-state index contributed by atoms with van der Waals surface area (Å²) in [6, 6.07) is 13.3. The van der Waals surface area contributed by atoms with Crippen molar-refractivity contribution in [3.05, 3.63) is 60.4 Å². The Hall–Kier alpha value is -2.79. The maximum atomic E-state index is 12.8.